The van der Waals surface area contributed by atoms with Crippen LogP contribution in [0.1, 0.15) is 35.3 Å². The lowest BCUT2D eigenvalue weighted by molar-refractivity contribution is 0.101. The van der Waals surface area contributed by atoms with Gasteiger partial charge in [0, 0.05) is 38.3 Å². The molecular formula is C22H25FN4O. The fourth-order valence-corrected chi connectivity index (χ4v) is 3.43. The molecule has 0 unspecified atom stereocenters. The molecule has 5 nitrogen and oxygen atoms in total. The number of ketones is 1. The normalized spacial score (nSPS) is 14.6. The van der Waals surface area contributed by atoms with E-state index in [4.69, 9.17) is 0 Å². The van der Waals surface area contributed by atoms with Gasteiger partial charge in [-0.1, -0.05) is 13.0 Å². The summed E-state index contributed by atoms with van der Waals surface area (Å²) in [6.07, 6.45) is 0. The van der Waals surface area contributed by atoms with Gasteiger partial charge in [-0.05, 0) is 49.4 Å². The van der Waals surface area contributed by atoms with Crippen molar-refractivity contribution in [2.24, 2.45) is 0 Å². The van der Waals surface area contributed by atoms with Crippen LogP contribution in [0.3, 0.4) is 0 Å². The first kappa shape index (κ1) is 19.8. The van der Waals surface area contributed by atoms with Crippen molar-refractivity contribution in [3.8, 4) is 6.07 Å². The molecule has 0 aromatic heterocycles. The molecule has 1 N–H and O–H groups in total. The molecule has 1 aliphatic heterocycles. The van der Waals surface area contributed by atoms with E-state index in [9.17, 15) is 14.4 Å². The van der Waals surface area contributed by atoms with E-state index in [0.29, 0.717) is 29.0 Å². The number of nitrogens with one attached hydrogen (secondary N) is 1. The average molecular weight is 380 g/mol. The number of anilines is 2. The summed E-state index contributed by atoms with van der Waals surface area (Å²) >= 11 is 0. The maximum absolute atomic E-state index is 14.7. The molecule has 1 saturated heterocycles. The van der Waals surface area contributed by atoms with Crippen molar-refractivity contribution in [2.75, 3.05) is 42.9 Å². The SMILES string of the molecule is CCN1CCN(c2ccc(CNc3cc(C(C)=O)ccc3C#N)cc2F)CC1. The van der Waals surface area contributed by atoms with E-state index in [2.05, 4.69) is 28.1 Å². The monoisotopic (exact) mass is 380 g/mol. The second kappa shape index (κ2) is 8.85. The Bertz CT molecular complexity index is 898. The quantitative estimate of drug-likeness (QED) is 0.775. The molecular weight excluding hydrogens is 355 g/mol. The molecule has 0 amide bonds. The van der Waals surface area contributed by atoms with Crippen LogP contribution in [0.25, 0.3) is 0 Å². The number of hydrogen-bond donors (Lipinski definition) is 1. The Hall–Kier alpha value is -2.91. The first-order chi connectivity index (χ1) is 13.5. The molecule has 3 rings (SSSR count). The maximum atomic E-state index is 14.7. The molecule has 0 radical (unpaired) electrons. The Kier molecular flexibility index (Phi) is 6.27. The minimum Gasteiger partial charge on any atom is -0.380 e. The van der Waals surface area contributed by atoms with Crippen molar-refractivity contribution in [1.29, 1.82) is 5.26 Å². The number of nitrogens with zero attached hydrogens (tertiary/aromatic N) is 3. The Morgan fingerprint density at radius 1 is 1.18 bits per heavy atom. The number of piperazine rings is 1. The van der Waals surface area contributed by atoms with Gasteiger partial charge in [0.05, 0.1) is 16.9 Å². The third-order valence-corrected chi connectivity index (χ3v) is 5.20. The van der Waals surface area contributed by atoms with Gasteiger partial charge in [-0.2, -0.15) is 5.26 Å². The van der Waals surface area contributed by atoms with Crippen molar-refractivity contribution >= 4 is 17.2 Å². The van der Waals surface area contributed by atoms with E-state index < -0.39 is 0 Å². The van der Waals surface area contributed by atoms with Gasteiger partial charge < -0.3 is 15.1 Å². The van der Waals surface area contributed by atoms with E-state index in [-0.39, 0.29) is 11.6 Å². The lowest BCUT2D eigenvalue weighted by Crippen LogP contribution is -2.46. The summed E-state index contributed by atoms with van der Waals surface area (Å²) in [5, 5.41) is 12.4. The minimum absolute atomic E-state index is 0.0638. The predicted octanol–water partition coefficient (Wildman–Crippen LogP) is 3.65. The summed E-state index contributed by atoms with van der Waals surface area (Å²) in [7, 11) is 0. The highest BCUT2D eigenvalue weighted by molar-refractivity contribution is 5.95. The third kappa shape index (κ3) is 4.49. The zero-order valence-electron chi connectivity index (χ0n) is 16.3. The molecule has 1 heterocycles. The van der Waals surface area contributed by atoms with Gasteiger partial charge >= 0.3 is 0 Å². The first-order valence-corrected chi connectivity index (χ1v) is 9.56. The summed E-state index contributed by atoms with van der Waals surface area (Å²) < 4.78 is 14.7. The molecule has 0 saturated carbocycles. The molecule has 0 atom stereocenters. The van der Waals surface area contributed by atoms with E-state index in [1.807, 2.05) is 12.1 Å². The highest BCUT2D eigenvalue weighted by Crippen LogP contribution is 2.23. The largest absolute Gasteiger partial charge is 0.380 e. The zero-order chi connectivity index (χ0) is 20.1. The molecule has 1 fully saturated rings. The molecule has 0 bridgehead atoms. The van der Waals surface area contributed by atoms with Crippen LogP contribution in [0.5, 0.6) is 0 Å². The van der Waals surface area contributed by atoms with Crippen molar-refractivity contribution in [2.45, 2.75) is 20.4 Å². The minimum atomic E-state index is -0.234. The number of rotatable bonds is 6. The summed E-state index contributed by atoms with van der Waals surface area (Å²) in [4.78, 5) is 16.0. The fraction of sp³-hybridized carbons (Fsp3) is 0.364. The molecule has 28 heavy (non-hydrogen) atoms. The molecule has 2 aromatic rings. The Balaban J connectivity index is 1.69. The number of likely N-dealkylation sites (N-methyl/N-ethyl adjacent to an activating group) is 1. The fourth-order valence-electron chi connectivity index (χ4n) is 3.43. The van der Waals surface area contributed by atoms with Crippen LogP contribution in [-0.4, -0.2) is 43.4 Å². The molecule has 0 aliphatic carbocycles. The van der Waals surface area contributed by atoms with Crippen LogP contribution < -0.4 is 10.2 Å². The number of Topliss-reactive ketones (excluding diaryl/α,β-unsaturated/α-hetero) is 1. The van der Waals surface area contributed by atoms with E-state index in [1.54, 1.807) is 18.2 Å². The van der Waals surface area contributed by atoms with Crippen molar-refractivity contribution in [1.82, 2.24) is 4.90 Å². The number of carbonyl (C=O) groups excluding carboxylic acids is 1. The summed E-state index contributed by atoms with van der Waals surface area (Å²) in [6.45, 7) is 8.57. The van der Waals surface area contributed by atoms with Gasteiger partial charge in [0.2, 0.25) is 0 Å². The Morgan fingerprint density at radius 2 is 1.93 bits per heavy atom. The van der Waals surface area contributed by atoms with Gasteiger partial charge in [-0.3, -0.25) is 4.79 Å². The van der Waals surface area contributed by atoms with Crippen LogP contribution in [0, 0.1) is 17.1 Å². The molecule has 146 valence electrons. The van der Waals surface area contributed by atoms with Gasteiger partial charge in [0.25, 0.3) is 0 Å². The lowest BCUT2D eigenvalue weighted by atomic mass is 10.1. The third-order valence-electron chi connectivity index (χ3n) is 5.20. The van der Waals surface area contributed by atoms with Crippen LogP contribution in [0.15, 0.2) is 36.4 Å². The highest BCUT2D eigenvalue weighted by atomic mass is 19.1. The number of benzene rings is 2. The summed E-state index contributed by atoms with van der Waals surface area (Å²) in [6, 6.07) is 12.3. The first-order valence-electron chi connectivity index (χ1n) is 9.56. The Labute approximate surface area is 165 Å². The number of nitriles is 1. The van der Waals surface area contributed by atoms with E-state index in [0.717, 1.165) is 38.3 Å². The number of hydrogen-bond acceptors (Lipinski definition) is 5. The van der Waals surface area contributed by atoms with Crippen LogP contribution in [0.2, 0.25) is 0 Å². The van der Waals surface area contributed by atoms with E-state index in [1.165, 1.54) is 13.0 Å². The van der Waals surface area contributed by atoms with E-state index >= 15 is 0 Å². The summed E-state index contributed by atoms with van der Waals surface area (Å²) in [5.41, 5.74) is 2.99. The van der Waals surface area contributed by atoms with Crippen LogP contribution >= 0.6 is 0 Å². The van der Waals surface area contributed by atoms with Gasteiger partial charge in [-0.25, -0.2) is 4.39 Å². The predicted molar refractivity (Wildman–Crippen MR) is 109 cm³/mol. The Morgan fingerprint density at radius 3 is 2.54 bits per heavy atom. The standard InChI is InChI=1S/C22H25FN4O/c1-3-26-8-10-27(11-9-26)22-7-4-17(12-20(22)23)15-25-21-13-18(16(2)28)5-6-19(21)14-24/h4-7,12-13,25H,3,8-11,15H2,1-2H3. The topological polar surface area (TPSA) is 59.4 Å². The van der Waals surface area contributed by atoms with Gasteiger partial charge in [-0.15, -0.1) is 0 Å². The lowest BCUT2D eigenvalue weighted by Gasteiger charge is -2.35. The molecule has 1 aliphatic rings. The molecule has 0 spiro atoms. The average Bonchev–Trinajstić information content (AvgIpc) is 2.72. The summed E-state index contributed by atoms with van der Waals surface area (Å²) in [5.74, 6) is -0.298. The molecule has 2 aromatic carbocycles. The smallest absolute Gasteiger partial charge is 0.159 e. The zero-order valence-corrected chi connectivity index (χ0v) is 16.3. The number of halogens is 1. The second-order valence-electron chi connectivity index (χ2n) is 6.99. The van der Waals surface area contributed by atoms with Crippen molar-refractivity contribution in [3.63, 3.8) is 0 Å². The maximum Gasteiger partial charge on any atom is 0.159 e. The van der Waals surface area contributed by atoms with Crippen LogP contribution in [0.4, 0.5) is 15.8 Å². The van der Waals surface area contributed by atoms with Gasteiger partial charge in [0.15, 0.2) is 5.78 Å². The number of carbonyl (C=O) groups is 1. The second-order valence-corrected chi connectivity index (χ2v) is 6.99. The molecule has 6 heteroatoms. The van der Waals surface area contributed by atoms with Crippen molar-refractivity contribution < 1.29 is 9.18 Å². The van der Waals surface area contributed by atoms with Crippen molar-refractivity contribution in [3.05, 3.63) is 58.9 Å². The van der Waals surface area contributed by atoms with Crippen LogP contribution in [-0.2, 0) is 6.54 Å². The highest BCUT2D eigenvalue weighted by Gasteiger charge is 2.18. The van der Waals surface area contributed by atoms with Gasteiger partial charge in [0.1, 0.15) is 11.9 Å².